The monoisotopic (exact) mass is 301 g/mol. The third kappa shape index (κ3) is 4.39. The molecule has 0 saturated carbocycles. The van der Waals surface area contributed by atoms with Crippen LogP contribution >= 0.6 is 23.5 Å². The SMILES string of the molecule is CCC1SCCSC1c1noc(CCC(C)(C)N)n1. The maximum Gasteiger partial charge on any atom is 0.226 e. The lowest BCUT2D eigenvalue weighted by Crippen LogP contribution is -2.32. The van der Waals surface area contributed by atoms with E-state index in [9.17, 15) is 0 Å². The van der Waals surface area contributed by atoms with Gasteiger partial charge in [-0.2, -0.15) is 16.7 Å². The summed E-state index contributed by atoms with van der Waals surface area (Å²) >= 11 is 3.99. The number of aryl methyl sites for hydroxylation is 1. The van der Waals surface area contributed by atoms with Crippen LogP contribution in [0.3, 0.4) is 0 Å². The Balaban J connectivity index is 1.99. The van der Waals surface area contributed by atoms with Crippen LogP contribution in [0.15, 0.2) is 4.52 Å². The summed E-state index contributed by atoms with van der Waals surface area (Å²) in [6, 6.07) is 0. The zero-order valence-corrected chi connectivity index (χ0v) is 13.5. The van der Waals surface area contributed by atoms with Crippen LogP contribution in [0.5, 0.6) is 0 Å². The normalized spacial score (nSPS) is 24.6. The maximum absolute atomic E-state index is 5.98. The van der Waals surface area contributed by atoms with Crippen molar-refractivity contribution < 1.29 is 4.52 Å². The zero-order valence-electron chi connectivity index (χ0n) is 11.9. The maximum atomic E-state index is 5.98. The third-order valence-electron chi connectivity index (χ3n) is 3.17. The molecule has 2 N–H and O–H groups in total. The molecule has 1 aliphatic heterocycles. The van der Waals surface area contributed by atoms with Crippen molar-refractivity contribution in [3.8, 4) is 0 Å². The molecular formula is C13H23N3OS2. The van der Waals surface area contributed by atoms with Crippen molar-refractivity contribution >= 4 is 23.5 Å². The van der Waals surface area contributed by atoms with Crippen molar-refractivity contribution in [3.63, 3.8) is 0 Å². The lowest BCUT2D eigenvalue weighted by Gasteiger charge is -2.27. The van der Waals surface area contributed by atoms with Crippen LogP contribution < -0.4 is 5.73 Å². The molecule has 2 unspecified atom stereocenters. The zero-order chi connectivity index (χ0) is 13.9. The van der Waals surface area contributed by atoms with Gasteiger partial charge in [0.05, 0.1) is 5.25 Å². The van der Waals surface area contributed by atoms with E-state index in [1.165, 1.54) is 11.5 Å². The number of rotatable bonds is 5. The molecule has 0 radical (unpaired) electrons. The predicted molar refractivity (Wildman–Crippen MR) is 82.6 cm³/mol. The molecule has 6 heteroatoms. The van der Waals surface area contributed by atoms with Gasteiger partial charge in [0.25, 0.3) is 0 Å². The predicted octanol–water partition coefficient (Wildman–Crippen LogP) is 3.04. The molecule has 1 saturated heterocycles. The summed E-state index contributed by atoms with van der Waals surface area (Å²) in [5, 5.41) is 5.17. The number of thioether (sulfide) groups is 2. The van der Waals surface area contributed by atoms with Crippen LogP contribution in [0.1, 0.15) is 50.6 Å². The lowest BCUT2D eigenvalue weighted by atomic mass is 10.0. The van der Waals surface area contributed by atoms with E-state index in [2.05, 4.69) is 17.1 Å². The smallest absolute Gasteiger partial charge is 0.226 e. The molecule has 0 amide bonds. The molecule has 0 aliphatic carbocycles. The van der Waals surface area contributed by atoms with Gasteiger partial charge in [-0.05, 0) is 26.7 Å². The highest BCUT2D eigenvalue weighted by atomic mass is 32.2. The van der Waals surface area contributed by atoms with Gasteiger partial charge in [-0.1, -0.05) is 12.1 Å². The van der Waals surface area contributed by atoms with Gasteiger partial charge in [0, 0.05) is 28.7 Å². The fraction of sp³-hybridized carbons (Fsp3) is 0.846. The molecule has 1 fully saturated rings. The molecular weight excluding hydrogens is 278 g/mol. The van der Waals surface area contributed by atoms with Gasteiger partial charge in [0.15, 0.2) is 5.82 Å². The summed E-state index contributed by atoms with van der Waals surface area (Å²) in [6.45, 7) is 6.27. The second-order valence-electron chi connectivity index (χ2n) is 5.64. The van der Waals surface area contributed by atoms with Crippen molar-refractivity contribution in [1.82, 2.24) is 10.1 Å². The van der Waals surface area contributed by atoms with Crippen molar-refractivity contribution in [3.05, 3.63) is 11.7 Å². The molecule has 1 aliphatic rings. The average molecular weight is 301 g/mol. The van der Waals surface area contributed by atoms with Crippen LogP contribution in [-0.4, -0.2) is 32.4 Å². The van der Waals surface area contributed by atoms with Crippen LogP contribution in [0.2, 0.25) is 0 Å². The van der Waals surface area contributed by atoms with Crippen molar-refractivity contribution in [2.75, 3.05) is 11.5 Å². The van der Waals surface area contributed by atoms with E-state index in [0.717, 1.165) is 31.0 Å². The van der Waals surface area contributed by atoms with E-state index in [4.69, 9.17) is 10.3 Å². The molecule has 19 heavy (non-hydrogen) atoms. The fourth-order valence-corrected chi connectivity index (χ4v) is 5.04. The first-order chi connectivity index (χ1) is 8.99. The number of nitrogens with two attached hydrogens (primary N) is 1. The van der Waals surface area contributed by atoms with E-state index < -0.39 is 0 Å². The number of hydrogen-bond acceptors (Lipinski definition) is 6. The highest BCUT2D eigenvalue weighted by Crippen LogP contribution is 2.42. The summed E-state index contributed by atoms with van der Waals surface area (Å²) in [7, 11) is 0. The molecule has 108 valence electrons. The molecule has 2 heterocycles. The Bertz CT molecular complexity index is 403. The van der Waals surface area contributed by atoms with E-state index in [1.54, 1.807) is 0 Å². The van der Waals surface area contributed by atoms with E-state index >= 15 is 0 Å². The molecule has 0 spiro atoms. The summed E-state index contributed by atoms with van der Waals surface area (Å²) < 4.78 is 5.37. The Kier molecular flexibility index (Phi) is 5.20. The number of nitrogens with zero attached hydrogens (tertiary/aromatic N) is 2. The second-order valence-corrected chi connectivity index (χ2v) is 8.24. The van der Waals surface area contributed by atoms with Crippen LogP contribution in [0, 0.1) is 0 Å². The van der Waals surface area contributed by atoms with Crippen LogP contribution in [-0.2, 0) is 6.42 Å². The molecule has 1 aromatic rings. The van der Waals surface area contributed by atoms with Gasteiger partial charge in [-0.25, -0.2) is 0 Å². The van der Waals surface area contributed by atoms with Gasteiger partial charge in [0.1, 0.15) is 0 Å². The van der Waals surface area contributed by atoms with Crippen molar-refractivity contribution in [2.24, 2.45) is 5.73 Å². The molecule has 4 nitrogen and oxygen atoms in total. The first kappa shape index (κ1) is 15.2. The number of aromatic nitrogens is 2. The fourth-order valence-electron chi connectivity index (χ4n) is 2.06. The van der Waals surface area contributed by atoms with E-state index in [-0.39, 0.29) is 5.54 Å². The van der Waals surface area contributed by atoms with Gasteiger partial charge in [-0.15, -0.1) is 11.8 Å². The van der Waals surface area contributed by atoms with Crippen molar-refractivity contribution in [1.29, 1.82) is 0 Å². The van der Waals surface area contributed by atoms with Gasteiger partial charge in [-0.3, -0.25) is 0 Å². The third-order valence-corrected chi connectivity index (χ3v) is 6.42. The minimum Gasteiger partial charge on any atom is -0.339 e. The number of hydrogen-bond donors (Lipinski definition) is 1. The highest BCUT2D eigenvalue weighted by molar-refractivity contribution is 8.06. The first-order valence-corrected chi connectivity index (χ1v) is 8.94. The van der Waals surface area contributed by atoms with Gasteiger partial charge < -0.3 is 10.3 Å². The molecule has 0 bridgehead atoms. The standard InChI is InChI=1S/C13H23N3OS2/c1-4-9-11(19-8-7-18-9)12-15-10(17-16-12)5-6-13(2,3)14/h9,11H,4-8,14H2,1-3H3. The molecule has 2 rings (SSSR count). The molecule has 2 atom stereocenters. The Morgan fingerprint density at radius 2 is 2.11 bits per heavy atom. The van der Waals surface area contributed by atoms with E-state index in [1.807, 2.05) is 37.4 Å². The molecule has 0 aromatic carbocycles. The van der Waals surface area contributed by atoms with Gasteiger partial charge >= 0.3 is 0 Å². The quantitative estimate of drug-likeness (QED) is 0.902. The largest absolute Gasteiger partial charge is 0.339 e. The Morgan fingerprint density at radius 1 is 1.37 bits per heavy atom. The Labute approximate surface area is 123 Å². The summed E-state index contributed by atoms with van der Waals surface area (Å²) in [6.07, 6.45) is 2.78. The second kappa shape index (κ2) is 6.50. The lowest BCUT2D eigenvalue weighted by molar-refractivity contribution is 0.354. The first-order valence-electron chi connectivity index (χ1n) is 6.84. The minimum absolute atomic E-state index is 0.184. The Morgan fingerprint density at radius 3 is 2.79 bits per heavy atom. The van der Waals surface area contributed by atoms with Crippen LogP contribution in [0.25, 0.3) is 0 Å². The average Bonchev–Trinajstić information content (AvgIpc) is 2.84. The van der Waals surface area contributed by atoms with Crippen molar-refractivity contribution in [2.45, 2.75) is 56.1 Å². The van der Waals surface area contributed by atoms with E-state index in [0.29, 0.717) is 10.5 Å². The summed E-state index contributed by atoms with van der Waals surface area (Å²) in [5.74, 6) is 3.99. The summed E-state index contributed by atoms with van der Waals surface area (Å²) in [4.78, 5) is 4.57. The highest BCUT2D eigenvalue weighted by Gasteiger charge is 2.30. The Hall–Kier alpha value is -0.200. The topological polar surface area (TPSA) is 64.9 Å². The minimum atomic E-state index is -0.184. The van der Waals surface area contributed by atoms with Crippen LogP contribution in [0.4, 0.5) is 0 Å². The summed E-state index contributed by atoms with van der Waals surface area (Å²) in [5.41, 5.74) is 5.79. The molecule has 1 aromatic heterocycles. The van der Waals surface area contributed by atoms with Gasteiger partial charge in [0.2, 0.25) is 5.89 Å².